The molecule has 180 valence electrons. The third-order valence-corrected chi connectivity index (χ3v) is 5.40. The van der Waals surface area contributed by atoms with Crippen molar-refractivity contribution in [1.29, 1.82) is 10.5 Å². The summed E-state index contributed by atoms with van der Waals surface area (Å²) in [7, 11) is 0. The number of nitriles is 2. The van der Waals surface area contributed by atoms with Crippen LogP contribution in [0.5, 0.6) is 0 Å². The number of carbonyl (C=O) groups excluding carboxylic acids is 1. The lowest BCUT2D eigenvalue weighted by atomic mass is 10.1. The highest BCUT2D eigenvalue weighted by atomic mass is 16.2. The molecule has 0 saturated heterocycles. The first kappa shape index (κ1) is 25.8. The van der Waals surface area contributed by atoms with E-state index in [9.17, 15) is 4.79 Å². The van der Waals surface area contributed by atoms with Gasteiger partial charge in [0.25, 0.3) is 5.91 Å². The van der Waals surface area contributed by atoms with Gasteiger partial charge in [-0.3, -0.25) is 4.79 Å². The van der Waals surface area contributed by atoms with Gasteiger partial charge in [0.15, 0.2) is 0 Å². The summed E-state index contributed by atoms with van der Waals surface area (Å²) in [6.07, 6.45) is 0.713. The number of hydrogen-bond acceptors (Lipinski definition) is 6. The van der Waals surface area contributed by atoms with E-state index in [-0.39, 0.29) is 11.7 Å². The molecule has 0 unspecified atom stereocenters. The highest BCUT2D eigenvalue weighted by molar-refractivity contribution is 6.02. The first-order valence-corrected chi connectivity index (χ1v) is 11.5. The molecular formula is C28H27N7O. The van der Waals surface area contributed by atoms with Gasteiger partial charge in [0.05, 0.1) is 30.7 Å². The van der Waals surface area contributed by atoms with Gasteiger partial charge in [-0.05, 0) is 61.9 Å². The fraction of sp³-hybridized carbons (Fsp3) is 0.214. The molecule has 1 N–H and O–H groups in total. The molecule has 3 aromatic carbocycles. The third kappa shape index (κ3) is 7.34. The number of anilines is 1. The number of benzene rings is 3. The average molecular weight is 478 g/mol. The molecule has 0 aromatic heterocycles. The first-order valence-electron chi connectivity index (χ1n) is 11.5. The number of azo groups is 1. The Hall–Kier alpha value is -4.82. The molecule has 1 amide bonds. The Labute approximate surface area is 211 Å². The van der Waals surface area contributed by atoms with E-state index in [0.717, 1.165) is 16.8 Å². The van der Waals surface area contributed by atoms with Gasteiger partial charge in [0.1, 0.15) is 0 Å². The zero-order valence-corrected chi connectivity index (χ0v) is 20.3. The van der Waals surface area contributed by atoms with Crippen molar-refractivity contribution in [3.8, 4) is 12.1 Å². The van der Waals surface area contributed by atoms with Crippen LogP contribution in [0.15, 0.2) is 88.1 Å². The van der Waals surface area contributed by atoms with Crippen LogP contribution < -0.4 is 10.3 Å². The van der Waals surface area contributed by atoms with Crippen molar-refractivity contribution in [1.82, 2.24) is 5.43 Å². The number of rotatable bonds is 9. The Balaban J connectivity index is 1.93. The molecule has 8 heteroatoms. The van der Waals surface area contributed by atoms with Crippen LogP contribution in [0.1, 0.15) is 39.9 Å². The number of nitrogens with one attached hydrogen (secondary N) is 1. The maximum Gasteiger partial charge on any atom is 0.271 e. The number of hydrogen-bond donors (Lipinski definition) is 1. The molecule has 0 radical (unpaired) electrons. The minimum Gasteiger partial charge on any atom is -0.369 e. The maximum absolute atomic E-state index is 12.6. The Morgan fingerprint density at radius 2 is 1.58 bits per heavy atom. The molecule has 3 rings (SSSR count). The smallest absolute Gasteiger partial charge is 0.271 e. The minimum absolute atomic E-state index is 0.254. The van der Waals surface area contributed by atoms with Crippen molar-refractivity contribution in [3.63, 3.8) is 0 Å². The molecule has 0 aliphatic rings. The monoisotopic (exact) mass is 477 g/mol. The quantitative estimate of drug-likeness (QED) is 0.181. The van der Waals surface area contributed by atoms with E-state index < -0.39 is 0 Å². The number of aryl methyl sites for hydroxylation is 2. The fourth-order valence-electron chi connectivity index (χ4n) is 3.45. The van der Waals surface area contributed by atoms with Gasteiger partial charge in [-0.15, -0.1) is 15.3 Å². The van der Waals surface area contributed by atoms with Crippen molar-refractivity contribution in [2.24, 2.45) is 15.3 Å². The van der Waals surface area contributed by atoms with Gasteiger partial charge in [0, 0.05) is 29.9 Å². The number of amides is 1. The molecule has 0 saturated carbocycles. The summed E-state index contributed by atoms with van der Waals surface area (Å²) in [5.41, 5.74) is 7.29. The zero-order chi connectivity index (χ0) is 25.8. The zero-order valence-electron chi connectivity index (χ0n) is 20.3. The normalized spacial score (nSPS) is 11.1. The van der Waals surface area contributed by atoms with Crippen molar-refractivity contribution in [3.05, 3.63) is 95.1 Å². The standard InChI is InChI=1S/C28H27N7O/c1-21-10-12-24(13-11-21)31-32-27(33-34-28(36)23-8-4-3-5-9-23)26-15-14-25(20-22(26)2)35(18-6-16-29)19-7-17-30/h3-5,8-15,20H,6-7,18-19H2,1-2H3,(H,34,36)/b32-31?,33-27+. The second-order valence-corrected chi connectivity index (χ2v) is 8.08. The molecule has 0 bridgehead atoms. The van der Waals surface area contributed by atoms with Gasteiger partial charge in [-0.25, -0.2) is 5.43 Å². The van der Waals surface area contributed by atoms with Gasteiger partial charge in [-0.1, -0.05) is 35.9 Å². The predicted molar refractivity (Wildman–Crippen MR) is 140 cm³/mol. The van der Waals surface area contributed by atoms with E-state index in [2.05, 4.69) is 32.9 Å². The molecule has 0 heterocycles. The van der Waals surface area contributed by atoms with E-state index in [1.165, 1.54) is 0 Å². The van der Waals surface area contributed by atoms with E-state index >= 15 is 0 Å². The summed E-state index contributed by atoms with van der Waals surface area (Å²) >= 11 is 0. The van der Waals surface area contributed by atoms with Crippen LogP contribution in [-0.2, 0) is 0 Å². The highest BCUT2D eigenvalue weighted by Crippen LogP contribution is 2.22. The van der Waals surface area contributed by atoms with E-state index in [0.29, 0.717) is 42.7 Å². The van der Waals surface area contributed by atoms with Crippen molar-refractivity contribution in [2.75, 3.05) is 18.0 Å². The number of amidine groups is 1. The van der Waals surface area contributed by atoms with E-state index in [1.807, 2.05) is 67.3 Å². The van der Waals surface area contributed by atoms with Gasteiger partial charge < -0.3 is 4.90 Å². The minimum atomic E-state index is -0.355. The van der Waals surface area contributed by atoms with E-state index in [4.69, 9.17) is 10.5 Å². The Bertz CT molecular complexity index is 1300. The molecule has 8 nitrogen and oxygen atoms in total. The number of carbonyl (C=O) groups is 1. The summed E-state index contributed by atoms with van der Waals surface area (Å²) in [6.45, 7) is 4.96. The molecule has 0 spiro atoms. The second kappa shape index (κ2) is 13.2. The summed E-state index contributed by atoms with van der Waals surface area (Å²) in [4.78, 5) is 14.6. The fourth-order valence-corrected chi connectivity index (χ4v) is 3.45. The lowest BCUT2D eigenvalue weighted by molar-refractivity contribution is 0.0955. The van der Waals surface area contributed by atoms with Crippen LogP contribution in [0.25, 0.3) is 0 Å². The highest BCUT2D eigenvalue weighted by Gasteiger charge is 2.13. The second-order valence-electron chi connectivity index (χ2n) is 8.08. The van der Waals surface area contributed by atoms with Crippen molar-refractivity contribution < 1.29 is 4.79 Å². The third-order valence-electron chi connectivity index (χ3n) is 5.40. The van der Waals surface area contributed by atoms with Crippen LogP contribution in [-0.4, -0.2) is 24.8 Å². The van der Waals surface area contributed by atoms with Gasteiger partial charge >= 0.3 is 0 Å². The molecule has 36 heavy (non-hydrogen) atoms. The topological polar surface area (TPSA) is 117 Å². The van der Waals surface area contributed by atoms with Crippen LogP contribution in [0.2, 0.25) is 0 Å². The molecular weight excluding hydrogens is 450 g/mol. The molecule has 0 fully saturated rings. The Kier molecular flexibility index (Phi) is 9.43. The summed E-state index contributed by atoms with van der Waals surface area (Å²) in [5.74, 6) is -0.100. The average Bonchev–Trinajstić information content (AvgIpc) is 2.90. The van der Waals surface area contributed by atoms with Gasteiger partial charge in [-0.2, -0.15) is 10.5 Å². The SMILES string of the molecule is Cc1ccc(N=N/C(=N/NC(=O)c2ccccc2)c2ccc(N(CCC#N)CCC#N)cc2C)cc1. The summed E-state index contributed by atoms with van der Waals surface area (Å²) in [6, 6.07) is 26.4. The molecule has 0 aliphatic carbocycles. The van der Waals surface area contributed by atoms with Crippen LogP contribution in [0, 0.1) is 36.5 Å². The Morgan fingerprint density at radius 1 is 0.917 bits per heavy atom. The molecule has 0 aliphatic heterocycles. The molecule has 3 aromatic rings. The lowest BCUT2D eigenvalue weighted by Crippen LogP contribution is -2.25. The number of hydrazone groups is 1. The molecule has 0 atom stereocenters. The van der Waals surface area contributed by atoms with Crippen LogP contribution in [0.4, 0.5) is 11.4 Å². The van der Waals surface area contributed by atoms with Crippen LogP contribution >= 0.6 is 0 Å². The van der Waals surface area contributed by atoms with Crippen molar-refractivity contribution in [2.45, 2.75) is 26.7 Å². The summed E-state index contributed by atoms with van der Waals surface area (Å²) in [5, 5.41) is 31.0. The predicted octanol–water partition coefficient (Wildman–Crippen LogP) is 5.81. The number of nitrogens with zero attached hydrogens (tertiary/aromatic N) is 6. The van der Waals surface area contributed by atoms with Crippen molar-refractivity contribution >= 4 is 23.1 Å². The van der Waals surface area contributed by atoms with Crippen LogP contribution in [0.3, 0.4) is 0 Å². The van der Waals surface area contributed by atoms with E-state index in [1.54, 1.807) is 24.3 Å². The Morgan fingerprint density at radius 3 is 2.19 bits per heavy atom. The maximum atomic E-state index is 12.6. The largest absolute Gasteiger partial charge is 0.369 e. The summed E-state index contributed by atoms with van der Waals surface area (Å²) < 4.78 is 0. The lowest BCUT2D eigenvalue weighted by Gasteiger charge is -2.23. The van der Waals surface area contributed by atoms with Gasteiger partial charge in [0.2, 0.25) is 5.84 Å². The first-order chi connectivity index (χ1) is 17.5.